The molecule has 1 fully saturated rings. The van der Waals surface area contributed by atoms with Crippen LogP contribution in [0.2, 0.25) is 0 Å². The van der Waals surface area contributed by atoms with Crippen molar-refractivity contribution in [3.05, 3.63) is 0 Å². The number of nitrogens with two attached hydrogens (primary N) is 1. The largest absolute Gasteiger partial charge is 0.394 e. The summed E-state index contributed by atoms with van der Waals surface area (Å²) in [6.45, 7) is 8.45. The second-order valence-corrected chi connectivity index (χ2v) is 5.24. The van der Waals surface area contributed by atoms with Gasteiger partial charge in [-0.3, -0.25) is 4.90 Å². The van der Waals surface area contributed by atoms with Crippen LogP contribution >= 0.6 is 0 Å². The lowest BCUT2D eigenvalue weighted by Crippen LogP contribution is -2.52. The van der Waals surface area contributed by atoms with Crippen LogP contribution in [0.5, 0.6) is 0 Å². The van der Waals surface area contributed by atoms with Gasteiger partial charge >= 0.3 is 0 Å². The Bertz CT molecular complexity index is 180. The van der Waals surface area contributed by atoms with E-state index >= 15 is 0 Å². The minimum Gasteiger partial charge on any atom is -0.394 e. The molecular weight excluding hydrogens is 176 g/mol. The Morgan fingerprint density at radius 1 is 1.57 bits per heavy atom. The number of rotatable bonds is 4. The first-order valence-electron chi connectivity index (χ1n) is 5.60. The quantitative estimate of drug-likeness (QED) is 0.706. The molecule has 1 saturated heterocycles. The van der Waals surface area contributed by atoms with Crippen molar-refractivity contribution < 1.29 is 5.11 Å². The predicted molar refractivity (Wildman–Crippen MR) is 59.1 cm³/mol. The van der Waals surface area contributed by atoms with E-state index in [2.05, 4.69) is 18.7 Å². The van der Waals surface area contributed by atoms with Crippen LogP contribution in [-0.2, 0) is 0 Å². The highest BCUT2D eigenvalue weighted by Gasteiger charge is 2.31. The first-order valence-corrected chi connectivity index (χ1v) is 5.60. The fourth-order valence-electron chi connectivity index (χ4n) is 2.32. The lowest BCUT2D eigenvalue weighted by molar-refractivity contribution is 0.124. The van der Waals surface area contributed by atoms with E-state index in [-0.39, 0.29) is 6.61 Å². The summed E-state index contributed by atoms with van der Waals surface area (Å²) in [6, 6.07) is 0.657. The molecule has 0 bridgehead atoms. The van der Waals surface area contributed by atoms with E-state index in [4.69, 9.17) is 10.8 Å². The van der Waals surface area contributed by atoms with E-state index in [1.165, 1.54) is 12.8 Å². The summed E-state index contributed by atoms with van der Waals surface area (Å²) in [4.78, 5) is 2.43. The van der Waals surface area contributed by atoms with Gasteiger partial charge in [-0.1, -0.05) is 13.8 Å². The Morgan fingerprint density at radius 2 is 2.21 bits per heavy atom. The number of hydrogen-bond donors (Lipinski definition) is 2. The molecule has 0 aliphatic carbocycles. The van der Waals surface area contributed by atoms with E-state index in [1.54, 1.807) is 0 Å². The van der Waals surface area contributed by atoms with Crippen LogP contribution in [0.1, 0.15) is 33.6 Å². The molecule has 1 rings (SSSR count). The molecule has 0 saturated carbocycles. The number of likely N-dealkylation sites (tertiary alicyclic amines) is 1. The second-order valence-electron chi connectivity index (χ2n) is 5.24. The fraction of sp³-hybridized carbons (Fsp3) is 1.00. The van der Waals surface area contributed by atoms with Gasteiger partial charge in [0.05, 0.1) is 6.61 Å². The average Bonchev–Trinajstić information content (AvgIpc) is 2.51. The fourth-order valence-corrected chi connectivity index (χ4v) is 2.32. The maximum absolute atomic E-state index is 9.13. The highest BCUT2D eigenvalue weighted by molar-refractivity contribution is 4.89. The molecule has 1 heterocycles. The summed E-state index contributed by atoms with van der Waals surface area (Å²) in [5.41, 5.74) is 5.52. The monoisotopic (exact) mass is 200 g/mol. The van der Waals surface area contributed by atoms with Gasteiger partial charge in [0.1, 0.15) is 0 Å². The Morgan fingerprint density at radius 3 is 2.71 bits per heavy atom. The van der Waals surface area contributed by atoms with Crippen LogP contribution in [-0.4, -0.2) is 41.3 Å². The van der Waals surface area contributed by atoms with Crippen molar-refractivity contribution in [2.45, 2.75) is 45.2 Å². The molecule has 0 amide bonds. The predicted octanol–water partition coefficient (Wildman–Crippen LogP) is 0.817. The Kier molecular flexibility index (Phi) is 3.93. The van der Waals surface area contributed by atoms with Crippen molar-refractivity contribution in [3.63, 3.8) is 0 Å². The van der Waals surface area contributed by atoms with Crippen molar-refractivity contribution >= 4 is 0 Å². The standard InChI is InChI=1S/C11H24N2O/c1-9(2)10-5-4-6-13(10)7-11(3,12)8-14/h9-10,14H,4-8,12H2,1-3H3. The van der Waals surface area contributed by atoms with Gasteiger partial charge in [-0.2, -0.15) is 0 Å². The van der Waals surface area contributed by atoms with Crippen LogP contribution in [0.4, 0.5) is 0 Å². The molecule has 2 atom stereocenters. The number of aliphatic hydroxyl groups excluding tert-OH is 1. The summed E-state index contributed by atoms with van der Waals surface area (Å²) in [5.74, 6) is 0.687. The third-order valence-electron chi connectivity index (χ3n) is 3.11. The molecular formula is C11H24N2O. The van der Waals surface area contributed by atoms with Crippen LogP contribution in [0.3, 0.4) is 0 Å². The highest BCUT2D eigenvalue weighted by atomic mass is 16.3. The first-order chi connectivity index (χ1) is 6.46. The normalized spacial score (nSPS) is 28.3. The van der Waals surface area contributed by atoms with Crippen molar-refractivity contribution in [1.82, 2.24) is 4.90 Å². The van der Waals surface area contributed by atoms with E-state index < -0.39 is 5.54 Å². The smallest absolute Gasteiger partial charge is 0.0621 e. The van der Waals surface area contributed by atoms with E-state index in [1.807, 2.05) is 6.92 Å². The van der Waals surface area contributed by atoms with Gasteiger partial charge in [-0.05, 0) is 32.2 Å². The minimum atomic E-state index is -0.447. The van der Waals surface area contributed by atoms with E-state index in [9.17, 15) is 0 Å². The molecule has 14 heavy (non-hydrogen) atoms. The molecule has 3 heteroatoms. The zero-order valence-electron chi connectivity index (χ0n) is 9.66. The maximum atomic E-state index is 9.13. The van der Waals surface area contributed by atoms with Gasteiger partial charge in [0.2, 0.25) is 0 Å². The molecule has 0 aromatic carbocycles. The zero-order valence-corrected chi connectivity index (χ0v) is 9.66. The van der Waals surface area contributed by atoms with Gasteiger partial charge in [0.25, 0.3) is 0 Å². The van der Waals surface area contributed by atoms with Crippen LogP contribution in [0.25, 0.3) is 0 Å². The van der Waals surface area contributed by atoms with Gasteiger partial charge in [0, 0.05) is 18.1 Å². The molecule has 0 aromatic heterocycles. The van der Waals surface area contributed by atoms with Crippen LogP contribution in [0, 0.1) is 5.92 Å². The van der Waals surface area contributed by atoms with E-state index in [0.717, 1.165) is 13.1 Å². The SMILES string of the molecule is CC(C)C1CCCN1CC(C)(N)CO. The zero-order chi connectivity index (χ0) is 10.8. The molecule has 0 radical (unpaired) electrons. The molecule has 1 aliphatic rings. The first kappa shape index (κ1) is 12.0. The number of nitrogens with zero attached hydrogens (tertiary/aromatic N) is 1. The van der Waals surface area contributed by atoms with Crippen molar-refractivity contribution in [1.29, 1.82) is 0 Å². The third kappa shape index (κ3) is 2.94. The Balaban J connectivity index is 2.51. The van der Waals surface area contributed by atoms with Crippen molar-refractivity contribution in [2.24, 2.45) is 11.7 Å². The van der Waals surface area contributed by atoms with Gasteiger partial charge in [-0.25, -0.2) is 0 Å². The van der Waals surface area contributed by atoms with Crippen molar-refractivity contribution in [3.8, 4) is 0 Å². The van der Waals surface area contributed by atoms with Gasteiger partial charge in [0.15, 0.2) is 0 Å². The molecule has 84 valence electrons. The minimum absolute atomic E-state index is 0.0638. The summed E-state index contributed by atoms with van der Waals surface area (Å²) in [5, 5.41) is 9.13. The Hall–Kier alpha value is -0.120. The summed E-state index contributed by atoms with van der Waals surface area (Å²) < 4.78 is 0. The molecule has 3 N–H and O–H groups in total. The van der Waals surface area contributed by atoms with Gasteiger partial charge < -0.3 is 10.8 Å². The van der Waals surface area contributed by atoms with Gasteiger partial charge in [-0.15, -0.1) is 0 Å². The summed E-state index contributed by atoms with van der Waals surface area (Å²) >= 11 is 0. The molecule has 1 aliphatic heterocycles. The number of hydrogen-bond acceptors (Lipinski definition) is 3. The molecule has 3 nitrogen and oxygen atoms in total. The molecule has 2 unspecified atom stereocenters. The van der Waals surface area contributed by atoms with Crippen molar-refractivity contribution in [2.75, 3.05) is 19.7 Å². The van der Waals surface area contributed by atoms with Crippen LogP contribution in [0.15, 0.2) is 0 Å². The van der Waals surface area contributed by atoms with E-state index in [0.29, 0.717) is 12.0 Å². The highest BCUT2D eigenvalue weighted by Crippen LogP contribution is 2.24. The number of aliphatic hydroxyl groups is 1. The average molecular weight is 200 g/mol. The van der Waals surface area contributed by atoms with Crippen LogP contribution < -0.4 is 5.73 Å². The maximum Gasteiger partial charge on any atom is 0.0621 e. The Labute approximate surface area is 87.3 Å². The topological polar surface area (TPSA) is 49.5 Å². The molecule has 0 spiro atoms. The summed E-state index contributed by atoms with van der Waals surface area (Å²) in [7, 11) is 0. The molecule has 0 aromatic rings. The second kappa shape index (κ2) is 4.60. The lowest BCUT2D eigenvalue weighted by Gasteiger charge is -2.34. The third-order valence-corrected chi connectivity index (χ3v) is 3.11. The summed E-state index contributed by atoms with van der Waals surface area (Å²) in [6.07, 6.45) is 2.55. The lowest BCUT2D eigenvalue weighted by atomic mass is 9.99.